The van der Waals surface area contributed by atoms with E-state index in [0.29, 0.717) is 11.1 Å². The number of likely N-dealkylation sites (N-methyl/N-ethyl adjacent to an activating group) is 1. The topological polar surface area (TPSA) is 60.8 Å². The van der Waals surface area contributed by atoms with Crippen molar-refractivity contribution in [1.29, 1.82) is 0 Å². The molecule has 4 heteroatoms. The highest BCUT2D eigenvalue weighted by Crippen LogP contribution is 2.14. The van der Waals surface area contributed by atoms with Gasteiger partial charge >= 0.3 is 0 Å². The van der Waals surface area contributed by atoms with E-state index < -0.39 is 5.60 Å². The minimum absolute atomic E-state index is 0.200. The van der Waals surface area contributed by atoms with Crippen LogP contribution in [-0.2, 0) is 0 Å². The number of carbonyl (C=O) groups is 1. The molecule has 0 aliphatic heterocycles. The van der Waals surface area contributed by atoms with E-state index in [-0.39, 0.29) is 19.1 Å². The zero-order chi connectivity index (χ0) is 15.3. The van der Waals surface area contributed by atoms with Crippen LogP contribution in [0.4, 0.5) is 0 Å². The quantitative estimate of drug-likeness (QED) is 0.814. The third kappa shape index (κ3) is 4.69. The van der Waals surface area contributed by atoms with Gasteiger partial charge in [-0.15, -0.1) is 0 Å². The largest absolute Gasteiger partial charge is 0.389 e. The third-order valence-electron chi connectivity index (χ3n) is 2.68. The molecule has 1 aromatic carbocycles. The molecule has 1 amide bonds. The van der Waals surface area contributed by atoms with Crippen LogP contribution in [-0.4, -0.2) is 46.8 Å². The molecule has 20 heavy (non-hydrogen) atoms. The molecule has 0 aliphatic rings. The Bertz CT molecular complexity index is 547. The summed E-state index contributed by atoms with van der Waals surface area (Å²) in [5, 5.41) is 18.6. The van der Waals surface area contributed by atoms with Crippen LogP contribution in [0.25, 0.3) is 0 Å². The predicted octanol–water partition coefficient (Wildman–Crippen LogP) is 1.18. The number of hydrogen-bond donors (Lipinski definition) is 2. The SMILES string of the molecule is Cc1ccc(C(=O)N(C)CC(C)(C)O)c(C#CCO)c1. The Balaban J connectivity index is 3.09. The molecule has 0 radical (unpaired) electrons. The second-order valence-corrected chi connectivity index (χ2v) is 5.48. The van der Waals surface area contributed by atoms with Crippen LogP contribution in [0.2, 0.25) is 0 Å². The molecule has 0 spiro atoms. The maximum absolute atomic E-state index is 12.4. The first-order valence-corrected chi connectivity index (χ1v) is 6.43. The maximum Gasteiger partial charge on any atom is 0.254 e. The van der Waals surface area contributed by atoms with Gasteiger partial charge in [0.2, 0.25) is 0 Å². The van der Waals surface area contributed by atoms with Gasteiger partial charge in [0, 0.05) is 19.2 Å². The van der Waals surface area contributed by atoms with Crippen LogP contribution in [0.3, 0.4) is 0 Å². The van der Waals surface area contributed by atoms with Crippen molar-refractivity contribution in [1.82, 2.24) is 4.90 Å². The summed E-state index contributed by atoms with van der Waals surface area (Å²) in [4.78, 5) is 13.9. The predicted molar refractivity (Wildman–Crippen MR) is 78.4 cm³/mol. The van der Waals surface area contributed by atoms with E-state index in [1.165, 1.54) is 4.90 Å². The van der Waals surface area contributed by atoms with Gasteiger partial charge in [-0.1, -0.05) is 17.9 Å². The van der Waals surface area contributed by atoms with E-state index in [9.17, 15) is 9.90 Å². The van der Waals surface area contributed by atoms with Crippen LogP contribution in [0.15, 0.2) is 18.2 Å². The molecule has 0 saturated carbocycles. The van der Waals surface area contributed by atoms with Crippen molar-refractivity contribution < 1.29 is 15.0 Å². The molecule has 108 valence electrons. The summed E-state index contributed by atoms with van der Waals surface area (Å²) in [6.45, 7) is 5.20. The summed E-state index contributed by atoms with van der Waals surface area (Å²) in [6.07, 6.45) is 0. The third-order valence-corrected chi connectivity index (χ3v) is 2.68. The van der Waals surface area contributed by atoms with Gasteiger partial charge < -0.3 is 15.1 Å². The van der Waals surface area contributed by atoms with Crippen LogP contribution in [0.5, 0.6) is 0 Å². The zero-order valence-corrected chi connectivity index (χ0v) is 12.4. The molecule has 1 aromatic rings. The van der Waals surface area contributed by atoms with Gasteiger partial charge in [0.1, 0.15) is 6.61 Å². The summed E-state index contributed by atoms with van der Waals surface area (Å²) in [7, 11) is 1.64. The second-order valence-electron chi connectivity index (χ2n) is 5.48. The number of nitrogens with zero attached hydrogens (tertiary/aromatic N) is 1. The number of carbonyl (C=O) groups excluding carboxylic acids is 1. The summed E-state index contributed by atoms with van der Waals surface area (Å²) >= 11 is 0. The molecule has 4 nitrogen and oxygen atoms in total. The molecular formula is C16H21NO3. The van der Waals surface area contributed by atoms with Crippen LogP contribution >= 0.6 is 0 Å². The van der Waals surface area contributed by atoms with Crippen molar-refractivity contribution in [3.63, 3.8) is 0 Å². The lowest BCUT2D eigenvalue weighted by atomic mass is 10.0. The Kier molecular flexibility index (Phi) is 5.32. The monoisotopic (exact) mass is 275 g/mol. The second kappa shape index (κ2) is 6.56. The van der Waals surface area contributed by atoms with Crippen molar-refractivity contribution in [2.45, 2.75) is 26.4 Å². The van der Waals surface area contributed by atoms with Crippen LogP contribution in [0, 0.1) is 18.8 Å². The first-order chi connectivity index (χ1) is 9.24. The summed E-state index contributed by atoms with van der Waals surface area (Å²) in [5.74, 6) is 5.15. The van der Waals surface area contributed by atoms with Crippen LogP contribution in [0.1, 0.15) is 35.3 Å². The average Bonchev–Trinajstić information content (AvgIpc) is 2.33. The first kappa shape index (κ1) is 16.2. The zero-order valence-electron chi connectivity index (χ0n) is 12.4. The highest BCUT2D eigenvalue weighted by Gasteiger charge is 2.21. The van der Waals surface area contributed by atoms with Gasteiger partial charge in [-0.05, 0) is 38.5 Å². The molecule has 0 fully saturated rings. The minimum atomic E-state index is -0.952. The summed E-state index contributed by atoms with van der Waals surface area (Å²) in [6, 6.07) is 5.38. The number of hydrogen-bond acceptors (Lipinski definition) is 3. The van der Waals surface area contributed by atoms with E-state index in [2.05, 4.69) is 11.8 Å². The molecule has 1 rings (SSSR count). The molecule has 0 saturated heterocycles. The fraction of sp³-hybridized carbons (Fsp3) is 0.438. The normalized spacial score (nSPS) is 10.7. The lowest BCUT2D eigenvalue weighted by Crippen LogP contribution is -2.39. The number of amides is 1. The molecule has 2 N–H and O–H groups in total. The van der Waals surface area contributed by atoms with Gasteiger partial charge in [0.15, 0.2) is 0 Å². The van der Waals surface area contributed by atoms with Crippen molar-refractivity contribution in [2.24, 2.45) is 0 Å². The molecule has 0 unspecified atom stereocenters. The Hall–Kier alpha value is -1.83. The molecule has 0 aliphatic carbocycles. The minimum Gasteiger partial charge on any atom is -0.389 e. The van der Waals surface area contributed by atoms with Crippen molar-refractivity contribution in [2.75, 3.05) is 20.2 Å². The smallest absolute Gasteiger partial charge is 0.254 e. The van der Waals surface area contributed by atoms with Crippen molar-refractivity contribution in [3.8, 4) is 11.8 Å². The standard InChI is InChI=1S/C16H21NO3/c1-12-7-8-14(13(10-12)6-5-9-18)15(19)17(4)11-16(2,3)20/h7-8,10,18,20H,9,11H2,1-4H3. The van der Waals surface area contributed by atoms with Crippen LogP contribution < -0.4 is 0 Å². The van der Waals surface area contributed by atoms with E-state index in [1.807, 2.05) is 19.1 Å². The fourth-order valence-electron chi connectivity index (χ4n) is 1.94. The van der Waals surface area contributed by atoms with E-state index in [1.54, 1.807) is 27.0 Å². The lowest BCUT2D eigenvalue weighted by Gasteiger charge is -2.26. The molecule has 0 atom stereocenters. The average molecular weight is 275 g/mol. The fourth-order valence-corrected chi connectivity index (χ4v) is 1.94. The molecule has 0 bridgehead atoms. The number of aliphatic hydroxyl groups is 2. The van der Waals surface area contributed by atoms with Gasteiger partial charge in [0.25, 0.3) is 5.91 Å². The number of aryl methyl sites for hydroxylation is 1. The number of benzene rings is 1. The Morgan fingerprint density at radius 2 is 2.05 bits per heavy atom. The number of aliphatic hydroxyl groups excluding tert-OH is 1. The molecular weight excluding hydrogens is 254 g/mol. The lowest BCUT2D eigenvalue weighted by molar-refractivity contribution is 0.0367. The first-order valence-electron chi connectivity index (χ1n) is 6.43. The van der Waals surface area contributed by atoms with Gasteiger partial charge in [-0.2, -0.15) is 0 Å². The number of rotatable bonds is 3. The summed E-state index contributed by atoms with van der Waals surface area (Å²) in [5.41, 5.74) is 1.11. The Labute approximate surface area is 120 Å². The molecule has 0 aromatic heterocycles. The highest BCUT2D eigenvalue weighted by atomic mass is 16.3. The maximum atomic E-state index is 12.4. The van der Waals surface area contributed by atoms with Crippen molar-refractivity contribution >= 4 is 5.91 Å². The highest BCUT2D eigenvalue weighted by molar-refractivity contribution is 5.96. The van der Waals surface area contributed by atoms with Gasteiger partial charge in [-0.3, -0.25) is 4.79 Å². The summed E-state index contributed by atoms with van der Waals surface area (Å²) < 4.78 is 0. The van der Waals surface area contributed by atoms with E-state index in [0.717, 1.165) is 5.56 Å². The molecule has 0 heterocycles. The van der Waals surface area contributed by atoms with Crippen molar-refractivity contribution in [3.05, 3.63) is 34.9 Å². The Morgan fingerprint density at radius 3 is 2.60 bits per heavy atom. The van der Waals surface area contributed by atoms with Gasteiger partial charge in [-0.25, -0.2) is 0 Å². The van der Waals surface area contributed by atoms with E-state index in [4.69, 9.17) is 5.11 Å². The van der Waals surface area contributed by atoms with Gasteiger partial charge in [0.05, 0.1) is 11.2 Å². The van der Waals surface area contributed by atoms with E-state index >= 15 is 0 Å². The Morgan fingerprint density at radius 1 is 1.40 bits per heavy atom.